The topological polar surface area (TPSA) is 39.2 Å². The lowest BCUT2D eigenvalue weighted by Gasteiger charge is -2.05. The van der Waals surface area contributed by atoms with Crippen molar-refractivity contribution in [2.24, 2.45) is 0 Å². The zero-order valence-corrected chi connectivity index (χ0v) is 8.88. The van der Waals surface area contributed by atoms with E-state index in [9.17, 15) is 4.79 Å². The van der Waals surface area contributed by atoms with Gasteiger partial charge in [-0.3, -0.25) is 4.79 Å². The lowest BCUT2D eigenvalue weighted by Crippen LogP contribution is -1.94. The van der Waals surface area contributed by atoms with Gasteiger partial charge >= 0.3 is 0 Å². The molecule has 0 N–H and O–H groups in total. The van der Waals surface area contributed by atoms with Gasteiger partial charge in [0, 0.05) is 11.6 Å². The first-order valence-electron chi connectivity index (χ1n) is 4.95. The van der Waals surface area contributed by atoms with Crippen LogP contribution in [0.15, 0.2) is 42.5 Å². The number of aryl methyl sites for hydroxylation is 1. The molecule has 16 heavy (non-hydrogen) atoms. The second kappa shape index (κ2) is 4.57. The molecule has 0 spiro atoms. The number of ether oxygens (including phenoxy) is 1. The molecule has 1 heterocycles. The minimum atomic E-state index is 0.495. The van der Waals surface area contributed by atoms with E-state index in [0.717, 1.165) is 12.0 Å². The number of rotatable bonds is 3. The van der Waals surface area contributed by atoms with Crippen LogP contribution in [0, 0.1) is 6.92 Å². The molecule has 2 rings (SSSR count). The van der Waals surface area contributed by atoms with Gasteiger partial charge in [-0.05, 0) is 25.1 Å². The van der Waals surface area contributed by atoms with Crippen molar-refractivity contribution in [3.8, 4) is 11.6 Å². The summed E-state index contributed by atoms with van der Waals surface area (Å²) in [5.41, 5.74) is 1.25. The number of aromatic nitrogens is 1. The molecule has 3 nitrogen and oxygen atoms in total. The van der Waals surface area contributed by atoms with E-state index >= 15 is 0 Å². The number of hydrogen-bond donors (Lipinski definition) is 0. The molecule has 0 saturated carbocycles. The van der Waals surface area contributed by atoms with Crippen molar-refractivity contribution in [1.29, 1.82) is 0 Å². The van der Waals surface area contributed by atoms with Crippen LogP contribution in [0.2, 0.25) is 0 Å². The third kappa shape index (κ3) is 2.25. The Hall–Kier alpha value is -2.16. The number of benzene rings is 1. The Balaban J connectivity index is 2.23. The zero-order chi connectivity index (χ0) is 11.4. The predicted octanol–water partition coefficient (Wildman–Crippen LogP) is 2.99. The highest BCUT2D eigenvalue weighted by molar-refractivity contribution is 5.76. The summed E-state index contributed by atoms with van der Waals surface area (Å²) < 4.78 is 5.53. The van der Waals surface area contributed by atoms with Gasteiger partial charge in [0.1, 0.15) is 5.75 Å². The number of nitrogens with zero attached hydrogens (tertiary/aromatic N) is 1. The summed E-state index contributed by atoms with van der Waals surface area (Å²) in [4.78, 5) is 14.8. The summed E-state index contributed by atoms with van der Waals surface area (Å²) in [5, 5.41) is 0. The van der Waals surface area contributed by atoms with Crippen LogP contribution in [0.25, 0.3) is 0 Å². The van der Waals surface area contributed by atoms with Gasteiger partial charge in [-0.15, -0.1) is 0 Å². The normalized spacial score (nSPS) is 9.81. The van der Waals surface area contributed by atoms with Crippen LogP contribution in [-0.4, -0.2) is 11.3 Å². The van der Waals surface area contributed by atoms with Crippen molar-refractivity contribution >= 4 is 6.29 Å². The monoisotopic (exact) mass is 213 g/mol. The van der Waals surface area contributed by atoms with Gasteiger partial charge in [0.15, 0.2) is 6.29 Å². The number of pyridine rings is 1. The maximum atomic E-state index is 10.6. The van der Waals surface area contributed by atoms with Crippen LogP contribution < -0.4 is 4.74 Å². The first-order chi connectivity index (χ1) is 7.79. The van der Waals surface area contributed by atoms with E-state index in [-0.39, 0.29) is 0 Å². The van der Waals surface area contributed by atoms with E-state index in [1.165, 1.54) is 0 Å². The molecular weight excluding hydrogens is 202 g/mol. The lowest BCUT2D eigenvalue weighted by molar-refractivity contribution is 0.112. The SMILES string of the molecule is Cc1nc(Oc2ccccc2)ccc1C=O. The van der Waals surface area contributed by atoms with Crippen LogP contribution in [0.1, 0.15) is 16.1 Å². The minimum absolute atomic E-state index is 0.495. The van der Waals surface area contributed by atoms with Gasteiger partial charge in [-0.25, -0.2) is 4.98 Å². The van der Waals surface area contributed by atoms with E-state index in [1.54, 1.807) is 19.1 Å². The van der Waals surface area contributed by atoms with Crippen LogP contribution >= 0.6 is 0 Å². The second-order valence-electron chi connectivity index (χ2n) is 3.36. The third-order valence-corrected chi connectivity index (χ3v) is 2.19. The van der Waals surface area contributed by atoms with Crippen molar-refractivity contribution in [2.75, 3.05) is 0 Å². The average molecular weight is 213 g/mol. The summed E-state index contributed by atoms with van der Waals surface area (Å²) in [7, 11) is 0. The minimum Gasteiger partial charge on any atom is -0.439 e. The van der Waals surface area contributed by atoms with Gasteiger partial charge in [0.2, 0.25) is 5.88 Å². The van der Waals surface area contributed by atoms with Gasteiger partial charge in [-0.1, -0.05) is 18.2 Å². The van der Waals surface area contributed by atoms with E-state index in [0.29, 0.717) is 17.1 Å². The van der Waals surface area contributed by atoms with Crippen molar-refractivity contribution < 1.29 is 9.53 Å². The molecule has 0 aliphatic heterocycles. The predicted molar refractivity (Wildman–Crippen MR) is 60.9 cm³/mol. The Morgan fingerprint density at radius 3 is 2.50 bits per heavy atom. The highest BCUT2D eigenvalue weighted by Crippen LogP contribution is 2.19. The molecule has 3 heteroatoms. The molecule has 1 aromatic carbocycles. The first kappa shape index (κ1) is 10.4. The maximum absolute atomic E-state index is 10.6. The molecule has 0 unspecified atom stereocenters. The van der Waals surface area contributed by atoms with E-state index in [2.05, 4.69) is 4.98 Å². The van der Waals surface area contributed by atoms with Crippen molar-refractivity contribution in [3.63, 3.8) is 0 Å². The van der Waals surface area contributed by atoms with Crippen LogP contribution in [0.4, 0.5) is 0 Å². The molecule has 0 radical (unpaired) electrons. The van der Waals surface area contributed by atoms with Crippen LogP contribution in [0.3, 0.4) is 0 Å². The van der Waals surface area contributed by atoms with Gasteiger partial charge in [-0.2, -0.15) is 0 Å². The standard InChI is InChI=1S/C13H11NO2/c1-10-11(9-15)7-8-13(14-10)16-12-5-3-2-4-6-12/h2-9H,1H3. The van der Waals surface area contributed by atoms with Gasteiger partial charge < -0.3 is 4.74 Å². The Morgan fingerprint density at radius 2 is 1.88 bits per heavy atom. The lowest BCUT2D eigenvalue weighted by atomic mass is 10.2. The van der Waals surface area contributed by atoms with Crippen molar-refractivity contribution in [3.05, 3.63) is 53.7 Å². The summed E-state index contributed by atoms with van der Waals surface area (Å²) in [5.74, 6) is 1.22. The van der Waals surface area contributed by atoms with Gasteiger partial charge in [0.25, 0.3) is 0 Å². The third-order valence-electron chi connectivity index (χ3n) is 2.19. The fourth-order valence-corrected chi connectivity index (χ4v) is 1.34. The molecule has 0 aliphatic rings. The molecule has 0 fully saturated rings. The molecule has 0 bridgehead atoms. The fraction of sp³-hybridized carbons (Fsp3) is 0.0769. The highest BCUT2D eigenvalue weighted by atomic mass is 16.5. The van der Waals surface area contributed by atoms with Gasteiger partial charge in [0.05, 0.1) is 5.69 Å². The Kier molecular flexibility index (Phi) is 2.96. The Bertz CT molecular complexity index is 495. The second-order valence-corrected chi connectivity index (χ2v) is 3.36. The first-order valence-corrected chi connectivity index (χ1v) is 4.95. The number of hydrogen-bond acceptors (Lipinski definition) is 3. The van der Waals surface area contributed by atoms with E-state index < -0.39 is 0 Å². The molecular formula is C13H11NO2. The molecule has 0 aliphatic carbocycles. The molecule has 0 atom stereocenters. The van der Waals surface area contributed by atoms with Crippen LogP contribution in [-0.2, 0) is 0 Å². The van der Waals surface area contributed by atoms with Crippen LogP contribution in [0.5, 0.6) is 11.6 Å². The van der Waals surface area contributed by atoms with E-state index in [1.807, 2.05) is 30.3 Å². The molecule has 2 aromatic rings. The van der Waals surface area contributed by atoms with E-state index in [4.69, 9.17) is 4.74 Å². The summed E-state index contributed by atoms with van der Waals surface area (Å²) in [6.45, 7) is 1.78. The Labute approximate surface area is 93.7 Å². The number of carbonyl (C=O) groups excluding carboxylic acids is 1. The molecule has 80 valence electrons. The number of para-hydroxylation sites is 1. The summed E-state index contributed by atoms with van der Waals surface area (Å²) in [6, 6.07) is 12.8. The van der Waals surface area contributed by atoms with Crippen molar-refractivity contribution in [1.82, 2.24) is 4.98 Å². The Morgan fingerprint density at radius 1 is 1.12 bits per heavy atom. The number of carbonyl (C=O) groups is 1. The van der Waals surface area contributed by atoms with Crippen molar-refractivity contribution in [2.45, 2.75) is 6.92 Å². The molecule has 1 aromatic heterocycles. The smallest absolute Gasteiger partial charge is 0.219 e. The quantitative estimate of drug-likeness (QED) is 0.736. The zero-order valence-electron chi connectivity index (χ0n) is 8.88. The maximum Gasteiger partial charge on any atom is 0.219 e. The average Bonchev–Trinajstić information content (AvgIpc) is 2.31. The molecule has 0 saturated heterocycles. The number of aldehydes is 1. The molecule has 0 amide bonds. The summed E-state index contributed by atoms with van der Waals surface area (Å²) >= 11 is 0. The largest absolute Gasteiger partial charge is 0.439 e. The highest BCUT2D eigenvalue weighted by Gasteiger charge is 2.02. The fourth-order valence-electron chi connectivity index (χ4n) is 1.34. The summed E-state index contributed by atoms with van der Waals surface area (Å²) in [6.07, 6.45) is 0.786.